The maximum atomic E-state index is 12.4. The number of hydrogen-bond donors (Lipinski definition) is 1. The van der Waals surface area contributed by atoms with Gasteiger partial charge in [-0.3, -0.25) is 19.5 Å². The lowest BCUT2D eigenvalue weighted by molar-refractivity contribution is -0.142. The number of aromatic nitrogens is 1. The number of piperazine rings is 1. The fourth-order valence-electron chi connectivity index (χ4n) is 2.74. The predicted octanol–water partition coefficient (Wildman–Crippen LogP) is 0.886. The minimum absolute atomic E-state index is 0.0763. The van der Waals surface area contributed by atoms with Gasteiger partial charge in [-0.05, 0) is 25.0 Å². The summed E-state index contributed by atoms with van der Waals surface area (Å²) in [6, 6.07) is 5.36. The largest absolute Gasteiger partial charge is 0.349 e. The van der Waals surface area contributed by atoms with Gasteiger partial charge in [-0.25, -0.2) is 0 Å². The molecule has 1 aromatic rings. The van der Waals surface area contributed by atoms with Crippen molar-refractivity contribution in [3.63, 3.8) is 0 Å². The molecule has 1 fully saturated rings. The molecule has 2 heterocycles. The normalized spacial score (nSPS) is 19.2. The summed E-state index contributed by atoms with van der Waals surface area (Å²) in [5.74, 6) is 0.495. The summed E-state index contributed by atoms with van der Waals surface area (Å²) in [5, 5.41) is 2.86. The summed E-state index contributed by atoms with van der Waals surface area (Å²) in [6.07, 6.45) is 1.70. The molecule has 0 saturated carbocycles. The summed E-state index contributed by atoms with van der Waals surface area (Å²) in [4.78, 5) is 32.5. The third-order valence-corrected chi connectivity index (χ3v) is 4.00. The quantitative estimate of drug-likeness (QED) is 0.846. The Hall–Kier alpha value is -1.95. The Balaban J connectivity index is 1.81. The van der Waals surface area contributed by atoms with Gasteiger partial charge in [0.2, 0.25) is 11.8 Å². The van der Waals surface area contributed by atoms with Crippen LogP contribution in [-0.2, 0) is 16.1 Å². The van der Waals surface area contributed by atoms with Gasteiger partial charge in [0.05, 0.1) is 24.8 Å². The first-order chi connectivity index (χ1) is 11.0. The monoisotopic (exact) mass is 318 g/mol. The highest BCUT2D eigenvalue weighted by molar-refractivity contribution is 5.84. The molecule has 6 heteroatoms. The molecule has 2 amide bonds. The highest BCUT2D eigenvalue weighted by atomic mass is 16.2. The van der Waals surface area contributed by atoms with Crippen molar-refractivity contribution < 1.29 is 9.59 Å². The Kier molecular flexibility index (Phi) is 6.10. The molecule has 1 aromatic heterocycles. The van der Waals surface area contributed by atoms with Crippen LogP contribution in [0.15, 0.2) is 24.4 Å². The van der Waals surface area contributed by atoms with Crippen molar-refractivity contribution in [2.24, 2.45) is 5.92 Å². The zero-order valence-corrected chi connectivity index (χ0v) is 14.2. The van der Waals surface area contributed by atoms with E-state index in [1.54, 1.807) is 6.20 Å². The van der Waals surface area contributed by atoms with E-state index in [0.29, 0.717) is 19.0 Å². The molecule has 1 saturated heterocycles. The lowest BCUT2D eigenvalue weighted by Crippen LogP contribution is -2.58. The molecule has 0 aliphatic carbocycles. The Morgan fingerprint density at radius 1 is 1.39 bits per heavy atom. The first-order valence-corrected chi connectivity index (χ1v) is 8.17. The van der Waals surface area contributed by atoms with Crippen LogP contribution in [0.5, 0.6) is 0 Å². The molecule has 1 atom stereocenters. The fourth-order valence-corrected chi connectivity index (χ4v) is 2.74. The molecule has 126 valence electrons. The van der Waals surface area contributed by atoms with Crippen LogP contribution in [0, 0.1) is 5.92 Å². The van der Waals surface area contributed by atoms with Crippen LogP contribution >= 0.6 is 0 Å². The van der Waals surface area contributed by atoms with Gasteiger partial charge >= 0.3 is 0 Å². The molecular weight excluding hydrogens is 292 g/mol. The Bertz CT molecular complexity index is 533. The van der Waals surface area contributed by atoms with Crippen LogP contribution in [0.3, 0.4) is 0 Å². The zero-order valence-electron chi connectivity index (χ0n) is 14.2. The smallest absolute Gasteiger partial charge is 0.239 e. The summed E-state index contributed by atoms with van der Waals surface area (Å²) >= 11 is 0. The lowest BCUT2D eigenvalue weighted by atomic mass is 10.1. The van der Waals surface area contributed by atoms with E-state index in [-0.39, 0.29) is 24.4 Å². The molecule has 0 bridgehead atoms. The predicted molar refractivity (Wildman–Crippen MR) is 88.5 cm³/mol. The van der Waals surface area contributed by atoms with E-state index in [4.69, 9.17) is 0 Å². The van der Waals surface area contributed by atoms with Crippen molar-refractivity contribution in [3.05, 3.63) is 30.1 Å². The van der Waals surface area contributed by atoms with E-state index >= 15 is 0 Å². The van der Waals surface area contributed by atoms with E-state index < -0.39 is 0 Å². The number of hydrogen-bond acceptors (Lipinski definition) is 4. The summed E-state index contributed by atoms with van der Waals surface area (Å²) in [5.41, 5.74) is 0.826. The highest BCUT2D eigenvalue weighted by Crippen LogP contribution is 2.12. The van der Waals surface area contributed by atoms with Crippen LogP contribution in [0.25, 0.3) is 0 Å². The van der Waals surface area contributed by atoms with Crippen molar-refractivity contribution in [3.8, 4) is 0 Å². The van der Waals surface area contributed by atoms with Gasteiger partial charge in [-0.2, -0.15) is 0 Å². The SMILES string of the molecule is CC(C)CN1CCN(CC(=O)NCc2ccccn2)C(C)C1=O. The number of pyridine rings is 1. The number of nitrogens with one attached hydrogen (secondary N) is 1. The van der Waals surface area contributed by atoms with Crippen LogP contribution in [0.1, 0.15) is 26.5 Å². The average molecular weight is 318 g/mol. The standard InChI is InChI=1S/C17H26N4O2/c1-13(2)11-21-9-8-20(14(3)17(21)23)12-16(22)19-10-15-6-4-5-7-18-15/h4-7,13-14H,8-12H2,1-3H3,(H,19,22). The van der Waals surface area contributed by atoms with Gasteiger partial charge in [0.15, 0.2) is 0 Å². The van der Waals surface area contributed by atoms with Crippen molar-refractivity contribution in [1.82, 2.24) is 20.1 Å². The number of amides is 2. The number of nitrogens with zero attached hydrogens (tertiary/aromatic N) is 3. The van der Waals surface area contributed by atoms with Crippen LogP contribution in [0.2, 0.25) is 0 Å². The van der Waals surface area contributed by atoms with E-state index in [1.165, 1.54) is 0 Å². The minimum atomic E-state index is -0.247. The minimum Gasteiger partial charge on any atom is -0.349 e. The molecule has 1 N–H and O–H groups in total. The van der Waals surface area contributed by atoms with Gasteiger partial charge in [-0.15, -0.1) is 0 Å². The number of carbonyl (C=O) groups is 2. The molecule has 2 rings (SSSR count). The average Bonchev–Trinajstić information content (AvgIpc) is 2.53. The summed E-state index contributed by atoms with van der Waals surface area (Å²) in [6.45, 7) is 8.95. The van der Waals surface area contributed by atoms with Gasteiger partial charge in [0.1, 0.15) is 0 Å². The van der Waals surface area contributed by atoms with Gasteiger partial charge < -0.3 is 10.2 Å². The van der Waals surface area contributed by atoms with E-state index in [0.717, 1.165) is 18.8 Å². The van der Waals surface area contributed by atoms with E-state index in [9.17, 15) is 9.59 Å². The third-order valence-electron chi connectivity index (χ3n) is 4.00. The number of rotatable bonds is 6. The molecular formula is C17H26N4O2. The first-order valence-electron chi connectivity index (χ1n) is 8.17. The lowest BCUT2D eigenvalue weighted by Gasteiger charge is -2.39. The summed E-state index contributed by atoms with van der Waals surface area (Å²) in [7, 11) is 0. The van der Waals surface area contributed by atoms with Gasteiger partial charge in [-0.1, -0.05) is 19.9 Å². The molecule has 0 spiro atoms. The van der Waals surface area contributed by atoms with E-state index in [1.807, 2.05) is 34.9 Å². The second kappa shape index (κ2) is 8.06. The molecule has 6 nitrogen and oxygen atoms in total. The maximum absolute atomic E-state index is 12.4. The molecule has 1 aliphatic heterocycles. The van der Waals surface area contributed by atoms with E-state index in [2.05, 4.69) is 24.1 Å². The molecule has 0 radical (unpaired) electrons. The molecule has 1 aliphatic rings. The van der Waals surface area contributed by atoms with Crippen LogP contribution in [0.4, 0.5) is 0 Å². The Labute approximate surface area is 137 Å². The first kappa shape index (κ1) is 17.4. The van der Waals surface area contributed by atoms with Crippen molar-refractivity contribution >= 4 is 11.8 Å². The van der Waals surface area contributed by atoms with Gasteiger partial charge in [0, 0.05) is 25.8 Å². The Morgan fingerprint density at radius 2 is 2.17 bits per heavy atom. The topological polar surface area (TPSA) is 65.5 Å². The van der Waals surface area contributed by atoms with Crippen LogP contribution < -0.4 is 5.32 Å². The Morgan fingerprint density at radius 3 is 2.83 bits per heavy atom. The maximum Gasteiger partial charge on any atom is 0.239 e. The van der Waals surface area contributed by atoms with Crippen molar-refractivity contribution in [1.29, 1.82) is 0 Å². The van der Waals surface area contributed by atoms with Crippen molar-refractivity contribution in [2.75, 3.05) is 26.2 Å². The zero-order chi connectivity index (χ0) is 16.8. The molecule has 23 heavy (non-hydrogen) atoms. The summed E-state index contributed by atoms with van der Waals surface area (Å²) < 4.78 is 0. The molecule has 0 aromatic carbocycles. The number of carbonyl (C=O) groups excluding carboxylic acids is 2. The van der Waals surface area contributed by atoms with Gasteiger partial charge in [0.25, 0.3) is 0 Å². The van der Waals surface area contributed by atoms with Crippen molar-refractivity contribution in [2.45, 2.75) is 33.4 Å². The third kappa shape index (κ3) is 5.03. The molecule has 1 unspecified atom stereocenters. The fraction of sp³-hybridized carbons (Fsp3) is 0.588. The second-order valence-electron chi connectivity index (χ2n) is 6.42. The highest BCUT2D eigenvalue weighted by Gasteiger charge is 2.32. The van der Waals surface area contributed by atoms with Crippen LogP contribution in [-0.4, -0.2) is 58.8 Å². The second-order valence-corrected chi connectivity index (χ2v) is 6.42.